The quantitative estimate of drug-likeness (QED) is 0.0564. The van der Waals surface area contributed by atoms with E-state index in [1.807, 2.05) is 0 Å². The van der Waals surface area contributed by atoms with Crippen molar-refractivity contribution in [2.75, 3.05) is 23.7 Å². The van der Waals surface area contributed by atoms with Crippen molar-refractivity contribution in [1.29, 1.82) is 0 Å². The predicted octanol–water partition coefficient (Wildman–Crippen LogP) is 8.89. The summed E-state index contributed by atoms with van der Waals surface area (Å²) in [5, 5.41) is 47.6. The maximum absolute atomic E-state index is 13.9. The number of aromatic amines is 2. The number of benzene rings is 4. The number of hydrogen-bond donors (Lipinski definition) is 8. The highest BCUT2D eigenvalue weighted by atomic mass is 19.4. The third-order valence-electron chi connectivity index (χ3n) is 10.6. The first-order chi connectivity index (χ1) is 28.6. The Morgan fingerprint density at radius 1 is 0.532 bits per heavy atom. The number of fused-ring (bicyclic) bond motifs is 2. The molecule has 8 N–H and O–H groups in total. The second-order valence-electron chi connectivity index (χ2n) is 16.4. The molecule has 0 spiro atoms. The van der Waals surface area contributed by atoms with Gasteiger partial charge in [0.1, 0.15) is 23.1 Å². The molecule has 2 unspecified atom stereocenters. The first-order valence-corrected chi connectivity index (χ1v) is 18.9. The summed E-state index contributed by atoms with van der Waals surface area (Å²) in [6.45, 7) is 3.77. The van der Waals surface area contributed by atoms with E-state index in [0.29, 0.717) is 33.2 Å². The van der Waals surface area contributed by atoms with Crippen LogP contribution in [0.5, 0.6) is 11.5 Å². The molecule has 2 atom stereocenters. The number of aliphatic hydroxyl groups is 2. The second kappa shape index (κ2) is 17.3. The lowest BCUT2D eigenvalue weighted by Gasteiger charge is -2.38. The number of hydrogen-bond acceptors (Lipinski definition) is 8. The van der Waals surface area contributed by atoms with Gasteiger partial charge in [0, 0.05) is 45.4 Å². The summed E-state index contributed by atoms with van der Waals surface area (Å²) >= 11 is 0. The third-order valence-corrected chi connectivity index (χ3v) is 10.6. The number of nitrogens with one attached hydrogen (secondary N) is 4. The largest absolute Gasteiger partial charge is 0.508 e. The molecule has 6 rings (SSSR count). The van der Waals surface area contributed by atoms with E-state index in [4.69, 9.17) is 0 Å². The van der Waals surface area contributed by atoms with Crippen molar-refractivity contribution in [3.63, 3.8) is 0 Å². The third kappa shape index (κ3) is 10.5. The Kier molecular flexibility index (Phi) is 13.1. The Hall–Kier alpha value is -6.14. The van der Waals surface area contributed by atoms with E-state index in [0.717, 1.165) is 36.4 Å². The van der Waals surface area contributed by atoms with Crippen LogP contribution in [0.4, 0.5) is 46.5 Å². The van der Waals surface area contributed by atoms with E-state index in [1.54, 1.807) is 24.3 Å². The lowest BCUT2D eigenvalue weighted by molar-refractivity contribution is -0.260. The van der Waals surface area contributed by atoms with Gasteiger partial charge in [-0.2, -0.15) is 26.3 Å². The van der Waals surface area contributed by atoms with Crippen molar-refractivity contribution in [2.24, 2.45) is 0 Å². The van der Waals surface area contributed by atoms with Crippen molar-refractivity contribution in [3.8, 4) is 11.5 Å². The van der Waals surface area contributed by atoms with Gasteiger partial charge in [-0.3, -0.25) is 9.59 Å². The molecule has 0 bridgehead atoms. The SMILES string of the molecule is CC(C)(CC(O)(CNc1cccc2[nH]c(=O)ccc12)C(F)(F)F)c1cc(F)ccc1O.CC(C)(CC(O)(CNc1cccc2[nH]c(=O)ccc12)C(F)(F)F)c1cc(F)ccc1O. The molecule has 62 heavy (non-hydrogen) atoms. The minimum atomic E-state index is -5.01. The number of aromatic nitrogens is 2. The van der Waals surface area contributed by atoms with E-state index >= 15 is 0 Å². The number of halogens is 8. The van der Waals surface area contributed by atoms with Gasteiger partial charge in [0.25, 0.3) is 0 Å². The van der Waals surface area contributed by atoms with E-state index in [9.17, 15) is 65.1 Å². The van der Waals surface area contributed by atoms with Crippen LogP contribution in [0.15, 0.2) is 107 Å². The van der Waals surface area contributed by atoms with Crippen LogP contribution in [-0.4, -0.2) is 67.0 Å². The van der Waals surface area contributed by atoms with E-state index in [-0.39, 0.29) is 33.7 Å². The Morgan fingerprint density at radius 3 is 1.23 bits per heavy atom. The van der Waals surface area contributed by atoms with Gasteiger partial charge in [-0.25, -0.2) is 8.78 Å². The van der Waals surface area contributed by atoms with Gasteiger partial charge in [-0.15, -0.1) is 0 Å². The molecule has 0 aliphatic carbocycles. The minimum Gasteiger partial charge on any atom is -0.508 e. The van der Waals surface area contributed by atoms with Crippen molar-refractivity contribution < 1.29 is 55.5 Å². The van der Waals surface area contributed by atoms with Crippen LogP contribution in [0, 0.1) is 11.6 Å². The van der Waals surface area contributed by atoms with E-state index in [2.05, 4.69) is 20.6 Å². The summed E-state index contributed by atoms with van der Waals surface area (Å²) < 4.78 is 111. The number of anilines is 2. The number of alkyl halides is 6. The van der Waals surface area contributed by atoms with Crippen LogP contribution in [0.2, 0.25) is 0 Å². The van der Waals surface area contributed by atoms with Crippen LogP contribution in [0.25, 0.3) is 21.8 Å². The normalized spacial score (nSPS) is 14.4. The molecule has 0 saturated carbocycles. The zero-order valence-electron chi connectivity index (χ0n) is 33.7. The zero-order valence-corrected chi connectivity index (χ0v) is 33.7. The summed E-state index contributed by atoms with van der Waals surface area (Å²) in [5.41, 5.74) is -8.57. The lowest BCUT2D eigenvalue weighted by Crippen LogP contribution is -2.53. The van der Waals surface area contributed by atoms with Gasteiger partial charge in [0.15, 0.2) is 11.2 Å². The molecule has 18 heteroatoms. The summed E-state index contributed by atoms with van der Waals surface area (Å²) in [6, 6.07) is 20.9. The average Bonchev–Trinajstić information content (AvgIpc) is 3.16. The standard InChI is InChI=1S/2C22H22F4N2O3/c2*1-20(2,15-10-13(23)6-8-18(15)29)11-21(31,22(24,25)26)12-27-16-4-3-5-17-14(16)7-9-19(30)28-17/h2*3-10,27,29,31H,11-12H2,1-2H3,(H,28,30). The fraction of sp³-hybridized carbons (Fsp3) is 0.318. The lowest BCUT2D eigenvalue weighted by atomic mass is 9.74. The molecule has 0 radical (unpaired) electrons. The fourth-order valence-corrected chi connectivity index (χ4v) is 7.44. The van der Waals surface area contributed by atoms with Crippen molar-refractivity contribution in [3.05, 3.63) is 141 Å². The number of phenolic OH excluding ortho intramolecular Hbond substituents is 2. The molecule has 2 heterocycles. The summed E-state index contributed by atoms with van der Waals surface area (Å²) in [6.07, 6.45) is -11.7. The van der Waals surface area contributed by atoms with Crippen molar-refractivity contribution >= 4 is 33.2 Å². The van der Waals surface area contributed by atoms with Gasteiger partial charge < -0.3 is 41.0 Å². The maximum atomic E-state index is 13.9. The molecule has 0 aliphatic rings. The molecule has 10 nitrogen and oxygen atoms in total. The molecule has 4 aromatic carbocycles. The summed E-state index contributed by atoms with van der Waals surface area (Å²) in [7, 11) is 0. The van der Waals surface area contributed by atoms with Crippen LogP contribution in [0.1, 0.15) is 51.7 Å². The fourth-order valence-electron chi connectivity index (χ4n) is 7.44. The Balaban J connectivity index is 0.000000234. The highest BCUT2D eigenvalue weighted by molar-refractivity contribution is 5.92. The van der Waals surface area contributed by atoms with Crippen LogP contribution in [-0.2, 0) is 10.8 Å². The van der Waals surface area contributed by atoms with Crippen LogP contribution < -0.4 is 21.8 Å². The summed E-state index contributed by atoms with van der Waals surface area (Å²) in [4.78, 5) is 28.1. The first kappa shape index (κ1) is 46.9. The molecule has 0 fully saturated rings. The van der Waals surface area contributed by atoms with Gasteiger partial charge >= 0.3 is 12.4 Å². The van der Waals surface area contributed by atoms with Gasteiger partial charge in [0.05, 0.1) is 24.1 Å². The highest BCUT2D eigenvalue weighted by Gasteiger charge is 2.57. The highest BCUT2D eigenvalue weighted by Crippen LogP contribution is 2.45. The molecule has 0 amide bonds. The number of rotatable bonds is 12. The minimum absolute atomic E-state index is 0.0436. The molecule has 2 aromatic heterocycles. The zero-order chi connectivity index (χ0) is 46.1. The number of aromatic hydroxyl groups is 2. The predicted molar refractivity (Wildman–Crippen MR) is 220 cm³/mol. The van der Waals surface area contributed by atoms with Crippen molar-refractivity contribution in [1.82, 2.24) is 9.97 Å². The summed E-state index contributed by atoms with van der Waals surface area (Å²) in [5.74, 6) is -2.14. The number of H-pyrrole nitrogens is 2. The molecule has 0 aliphatic heterocycles. The van der Waals surface area contributed by atoms with Crippen LogP contribution in [0.3, 0.4) is 0 Å². The molecular formula is C44H44F8N4O6. The average molecular weight is 877 g/mol. The van der Waals surface area contributed by atoms with E-state index < -0.39 is 72.0 Å². The van der Waals surface area contributed by atoms with Gasteiger partial charge in [-0.1, -0.05) is 39.8 Å². The molecular weight excluding hydrogens is 832 g/mol. The molecule has 0 saturated heterocycles. The first-order valence-electron chi connectivity index (χ1n) is 18.9. The van der Waals surface area contributed by atoms with Crippen LogP contribution >= 0.6 is 0 Å². The Morgan fingerprint density at radius 2 is 0.887 bits per heavy atom. The second-order valence-corrected chi connectivity index (χ2v) is 16.4. The van der Waals surface area contributed by atoms with Gasteiger partial charge in [0.2, 0.25) is 11.1 Å². The Bertz CT molecular complexity index is 2500. The Labute approximate surface area is 348 Å². The maximum Gasteiger partial charge on any atom is 0.418 e. The van der Waals surface area contributed by atoms with Crippen molar-refractivity contribution in [2.45, 2.75) is 74.9 Å². The molecule has 6 aromatic rings. The number of pyridine rings is 2. The smallest absolute Gasteiger partial charge is 0.418 e. The monoisotopic (exact) mass is 876 g/mol. The topological polar surface area (TPSA) is 171 Å². The van der Waals surface area contributed by atoms with Gasteiger partial charge in [-0.05, 0) is 96.5 Å². The van der Waals surface area contributed by atoms with E-state index in [1.165, 1.54) is 64.1 Å². The molecule has 332 valence electrons. The number of phenols is 2.